The van der Waals surface area contributed by atoms with Gasteiger partial charge in [0.25, 0.3) is 0 Å². The highest BCUT2D eigenvalue weighted by Gasteiger charge is 2.08. The van der Waals surface area contributed by atoms with Crippen LogP contribution >= 0.6 is 0 Å². The number of hydrogen-bond acceptors (Lipinski definition) is 3. The van der Waals surface area contributed by atoms with Gasteiger partial charge in [-0.3, -0.25) is 0 Å². The van der Waals surface area contributed by atoms with Crippen molar-refractivity contribution in [1.82, 2.24) is 0 Å². The Morgan fingerprint density at radius 1 is 0.232 bits per heavy atom. The molecule has 0 bridgehead atoms. The zero-order valence-corrected chi connectivity index (χ0v) is 45.0. The summed E-state index contributed by atoms with van der Waals surface area (Å²) in [7, 11) is 0. The first kappa shape index (κ1) is 57.9. The van der Waals surface area contributed by atoms with E-state index in [-0.39, 0.29) is 0 Å². The molecule has 4 aromatic rings. The first-order valence-electron chi connectivity index (χ1n) is 29.5. The third kappa shape index (κ3) is 28.1. The lowest BCUT2D eigenvalue weighted by molar-refractivity contribution is 0.290. The molecule has 0 spiro atoms. The summed E-state index contributed by atoms with van der Waals surface area (Å²) in [6, 6.07) is 33.7. The molecule has 0 atom stereocenters. The second kappa shape index (κ2) is 39.9. The molecule has 0 fully saturated rings. The van der Waals surface area contributed by atoms with Crippen LogP contribution in [0.15, 0.2) is 91.0 Å². The van der Waals surface area contributed by atoms with Crippen LogP contribution in [0, 0.1) is 0 Å². The summed E-state index contributed by atoms with van der Waals surface area (Å²) >= 11 is 0. The third-order valence-corrected chi connectivity index (χ3v) is 14.3. The van der Waals surface area contributed by atoms with Crippen molar-refractivity contribution in [2.75, 3.05) is 19.8 Å². The second-order valence-electron chi connectivity index (χ2n) is 20.6. The molecule has 0 N–H and O–H groups in total. The number of hydrogen-bond donors (Lipinski definition) is 0. The Bertz CT molecular complexity index is 1720. The molecule has 0 heterocycles. The topological polar surface area (TPSA) is 27.7 Å². The van der Waals surface area contributed by atoms with Gasteiger partial charge in [-0.15, -0.1) is 0 Å². The van der Waals surface area contributed by atoms with Gasteiger partial charge in [-0.2, -0.15) is 0 Å². The Balaban J connectivity index is 1.12. The first-order chi connectivity index (χ1) is 34.2. The van der Waals surface area contributed by atoms with Gasteiger partial charge in [-0.25, -0.2) is 0 Å². The molecule has 3 heteroatoms. The number of unbranched alkanes of at least 4 members (excludes halogenated alkanes) is 30. The van der Waals surface area contributed by atoms with Crippen molar-refractivity contribution in [3.63, 3.8) is 0 Å². The summed E-state index contributed by atoms with van der Waals surface area (Å²) in [6.07, 6.45) is 47.5. The predicted molar refractivity (Wildman–Crippen MR) is 302 cm³/mol. The zero-order valence-electron chi connectivity index (χ0n) is 45.0. The maximum absolute atomic E-state index is 6.40. The van der Waals surface area contributed by atoms with E-state index in [2.05, 4.69) is 112 Å². The number of benzene rings is 4. The third-order valence-electron chi connectivity index (χ3n) is 14.3. The van der Waals surface area contributed by atoms with E-state index in [1.807, 2.05) is 0 Å². The van der Waals surface area contributed by atoms with Gasteiger partial charge in [0.1, 0.15) is 17.2 Å². The minimum Gasteiger partial charge on any atom is -0.494 e. The van der Waals surface area contributed by atoms with Gasteiger partial charge >= 0.3 is 0 Å². The molecule has 0 saturated heterocycles. The standard InChI is InChI=1S/C66H102O3/c1-4-7-10-13-16-19-22-25-30-35-52-67-64-50-48-61(49-51-64)60-44-40-58(41-45-60)38-33-28-29-34-39-59-42-46-62(47-43-59)63-55-65(68-53-36-31-26-23-20-17-14-11-8-5-2)57-66(56-63)69-54-37-32-27-24-21-18-15-12-9-6-3/h40-51,55-57H,4-39,52-54H2,1-3H3. The summed E-state index contributed by atoms with van der Waals surface area (Å²) in [5, 5.41) is 0. The molecule has 69 heavy (non-hydrogen) atoms. The number of rotatable bonds is 45. The van der Waals surface area contributed by atoms with E-state index in [1.165, 1.54) is 232 Å². The van der Waals surface area contributed by atoms with E-state index < -0.39 is 0 Å². The summed E-state index contributed by atoms with van der Waals surface area (Å²) in [5.74, 6) is 2.86. The van der Waals surface area contributed by atoms with Gasteiger partial charge in [0.15, 0.2) is 0 Å². The summed E-state index contributed by atoms with van der Waals surface area (Å²) in [4.78, 5) is 0. The molecule has 0 saturated carbocycles. The predicted octanol–water partition coefficient (Wildman–Crippen LogP) is 21.3. The molecule has 4 aromatic carbocycles. The Kier molecular flexibility index (Phi) is 33.5. The minimum atomic E-state index is 0.772. The molecule has 0 aromatic heterocycles. The van der Waals surface area contributed by atoms with E-state index in [4.69, 9.17) is 14.2 Å². The number of ether oxygens (including phenoxy) is 3. The highest BCUT2D eigenvalue weighted by atomic mass is 16.5. The van der Waals surface area contributed by atoms with Crippen molar-refractivity contribution in [2.24, 2.45) is 0 Å². The van der Waals surface area contributed by atoms with Gasteiger partial charge < -0.3 is 14.2 Å². The highest BCUT2D eigenvalue weighted by molar-refractivity contribution is 5.68. The summed E-state index contributed by atoms with van der Waals surface area (Å²) in [6.45, 7) is 9.24. The fraction of sp³-hybridized carbons (Fsp3) is 0.636. The van der Waals surface area contributed by atoms with Crippen LogP contribution in [-0.2, 0) is 12.8 Å². The second-order valence-corrected chi connectivity index (χ2v) is 20.6. The van der Waals surface area contributed by atoms with E-state index in [1.54, 1.807) is 0 Å². The molecular weight excluding hydrogens is 841 g/mol. The van der Waals surface area contributed by atoms with Crippen molar-refractivity contribution >= 4 is 0 Å². The average molecular weight is 944 g/mol. The Morgan fingerprint density at radius 2 is 0.493 bits per heavy atom. The van der Waals surface area contributed by atoms with Crippen molar-refractivity contribution in [3.05, 3.63) is 102 Å². The van der Waals surface area contributed by atoms with Crippen molar-refractivity contribution in [3.8, 4) is 39.5 Å². The maximum atomic E-state index is 6.40. The molecule has 4 rings (SSSR count). The van der Waals surface area contributed by atoms with Gasteiger partial charge in [0, 0.05) is 6.07 Å². The quantitative estimate of drug-likeness (QED) is 0.0413. The first-order valence-corrected chi connectivity index (χ1v) is 29.5. The molecule has 3 nitrogen and oxygen atoms in total. The van der Waals surface area contributed by atoms with E-state index in [9.17, 15) is 0 Å². The molecular formula is C66H102O3. The molecule has 0 aliphatic carbocycles. The van der Waals surface area contributed by atoms with Crippen LogP contribution in [0.1, 0.15) is 250 Å². The van der Waals surface area contributed by atoms with E-state index >= 15 is 0 Å². The van der Waals surface area contributed by atoms with E-state index in [0.717, 1.165) is 69.2 Å². The van der Waals surface area contributed by atoms with Gasteiger partial charge in [-0.1, -0.05) is 268 Å². The zero-order chi connectivity index (χ0) is 48.5. The number of aryl methyl sites for hydroxylation is 2. The van der Waals surface area contributed by atoms with Gasteiger partial charge in [0.2, 0.25) is 0 Å². The molecule has 0 aliphatic heterocycles. The smallest absolute Gasteiger partial charge is 0.123 e. The minimum absolute atomic E-state index is 0.772. The molecule has 0 amide bonds. The van der Waals surface area contributed by atoms with Crippen LogP contribution in [0.25, 0.3) is 22.3 Å². The van der Waals surface area contributed by atoms with Crippen LogP contribution in [0.2, 0.25) is 0 Å². The summed E-state index contributed by atoms with van der Waals surface area (Å²) in [5.41, 5.74) is 7.82. The van der Waals surface area contributed by atoms with Crippen LogP contribution in [0.5, 0.6) is 17.2 Å². The van der Waals surface area contributed by atoms with Gasteiger partial charge in [0.05, 0.1) is 19.8 Å². The molecule has 0 radical (unpaired) electrons. The highest BCUT2D eigenvalue weighted by Crippen LogP contribution is 2.31. The van der Waals surface area contributed by atoms with Crippen LogP contribution < -0.4 is 14.2 Å². The van der Waals surface area contributed by atoms with Crippen LogP contribution in [0.3, 0.4) is 0 Å². The summed E-state index contributed by atoms with van der Waals surface area (Å²) < 4.78 is 18.9. The normalized spacial score (nSPS) is 11.3. The Labute approximate surface area is 425 Å². The Hall–Kier alpha value is -3.72. The SMILES string of the molecule is CCCCCCCCCCCCOc1ccc(-c2ccc(CCCCCCc3ccc(-c4cc(OCCCCCCCCCCCC)cc(OCCCCCCCCCCCC)c4)cc3)cc2)cc1. The van der Waals surface area contributed by atoms with Gasteiger partial charge in [-0.05, 0) is 103 Å². The van der Waals surface area contributed by atoms with Crippen molar-refractivity contribution in [1.29, 1.82) is 0 Å². The maximum Gasteiger partial charge on any atom is 0.123 e. The molecule has 0 aliphatic rings. The van der Waals surface area contributed by atoms with Crippen LogP contribution in [-0.4, -0.2) is 19.8 Å². The fourth-order valence-electron chi connectivity index (χ4n) is 9.73. The largest absolute Gasteiger partial charge is 0.494 e. The average Bonchev–Trinajstić information content (AvgIpc) is 3.38. The Morgan fingerprint density at radius 3 is 0.826 bits per heavy atom. The lowest BCUT2D eigenvalue weighted by atomic mass is 9.99. The molecule has 0 unspecified atom stereocenters. The van der Waals surface area contributed by atoms with Crippen molar-refractivity contribution in [2.45, 2.75) is 252 Å². The van der Waals surface area contributed by atoms with Crippen molar-refractivity contribution < 1.29 is 14.2 Å². The lowest BCUT2D eigenvalue weighted by Crippen LogP contribution is -2.01. The lowest BCUT2D eigenvalue weighted by Gasteiger charge is -2.13. The monoisotopic (exact) mass is 943 g/mol. The fourth-order valence-corrected chi connectivity index (χ4v) is 9.73. The molecule has 384 valence electrons. The van der Waals surface area contributed by atoms with E-state index in [0.29, 0.717) is 0 Å². The van der Waals surface area contributed by atoms with Crippen LogP contribution in [0.4, 0.5) is 0 Å².